The van der Waals surface area contributed by atoms with Crippen molar-refractivity contribution in [3.05, 3.63) is 11.6 Å². The summed E-state index contributed by atoms with van der Waals surface area (Å²) in [7, 11) is 0. The molecule has 0 aromatic heterocycles. The third kappa shape index (κ3) is 7.14. The van der Waals surface area contributed by atoms with Crippen molar-refractivity contribution in [2.75, 3.05) is 6.61 Å². The third-order valence-corrected chi connectivity index (χ3v) is 14.5. The van der Waals surface area contributed by atoms with Gasteiger partial charge in [0, 0.05) is 6.42 Å². The number of allylic oxidation sites excluding steroid dienone is 1. The molecule has 7 N–H and O–H groups in total. The summed E-state index contributed by atoms with van der Waals surface area (Å²) >= 11 is 0. The lowest BCUT2D eigenvalue weighted by molar-refractivity contribution is -0.371. The summed E-state index contributed by atoms with van der Waals surface area (Å²) in [6.45, 7) is 12.0. The highest BCUT2D eigenvalue weighted by Crippen LogP contribution is 2.68. The van der Waals surface area contributed by atoms with E-state index in [1.165, 1.54) is 12.5 Å². The molecular formula is C39H64O12. The van der Waals surface area contributed by atoms with Gasteiger partial charge in [-0.1, -0.05) is 40.2 Å². The molecule has 292 valence electrons. The van der Waals surface area contributed by atoms with Crippen molar-refractivity contribution in [2.24, 2.45) is 46.3 Å². The van der Waals surface area contributed by atoms with Crippen LogP contribution >= 0.6 is 0 Å². The maximum Gasteiger partial charge on any atom is 0.187 e. The van der Waals surface area contributed by atoms with Gasteiger partial charge in [-0.05, 0) is 111 Å². The van der Waals surface area contributed by atoms with Crippen molar-refractivity contribution in [3.8, 4) is 0 Å². The predicted octanol–water partition coefficient (Wildman–Crippen LogP) is 2.21. The topological polar surface area (TPSA) is 196 Å². The largest absolute Gasteiger partial charge is 0.394 e. The van der Waals surface area contributed by atoms with E-state index < -0.39 is 80.2 Å². The molecule has 3 saturated carbocycles. The molecule has 2 aliphatic heterocycles. The second-order valence-electron chi connectivity index (χ2n) is 17.8. The van der Waals surface area contributed by atoms with Crippen LogP contribution in [0.15, 0.2) is 11.6 Å². The highest BCUT2D eigenvalue weighted by atomic mass is 16.8. The van der Waals surface area contributed by atoms with Crippen LogP contribution < -0.4 is 0 Å². The molecule has 0 amide bonds. The molecular weight excluding hydrogens is 660 g/mol. The Morgan fingerprint density at radius 3 is 2.27 bits per heavy atom. The van der Waals surface area contributed by atoms with E-state index in [0.29, 0.717) is 37.0 Å². The summed E-state index contributed by atoms with van der Waals surface area (Å²) in [4.78, 5) is 12.4. The van der Waals surface area contributed by atoms with E-state index >= 15 is 0 Å². The summed E-state index contributed by atoms with van der Waals surface area (Å²) < 4.78 is 24.8. The maximum absolute atomic E-state index is 12.4. The van der Waals surface area contributed by atoms with Crippen molar-refractivity contribution in [3.63, 3.8) is 0 Å². The molecule has 2 saturated heterocycles. The molecule has 6 aliphatic rings. The lowest BCUT2D eigenvalue weighted by Gasteiger charge is -2.58. The Hall–Kier alpha value is -1.03. The van der Waals surface area contributed by atoms with Crippen LogP contribution in [0.5, 0.6) is 0 Å². The fraction of sp³-hybridized carbons (Fsp3) is 0.923. The Labute approximate surface area is 302 Å². The van der Waals surface area contributed by atoms with Crippen LogP contribution in [0.1, 0.15) is 99.3 Å². The first-order valence-electron chi connectivity index (χ1n) is 19.6. The number of hydrogen-bond donors (Lipinski definition) is 7. The number of fused-ring (bicyclic) bond motifs is 5. The number of rotatable bonds is 10. The van der Waals surface area contributed by atoms with Gasteiger partial charge in [-0.15, -0.1) is 0 Å². The molecule has 0 radical (unpaired) electrons. The van der Waals surface area contributed by atoms with E-state index in [1.807, 2.05) is 6.08 Å². The van der Waals surface area contributed by atoms with Gasteiger partial charge in [-0.2, -0.15) is 0 Å². The molecule has 0 bridgehead atoms. The Morgan fingerprint density at radius 2 is 1.59 bits per heavy atom. The first-order valence-corrected chi connectivity index (χ1v) is 19.6. The van der Waals surface area contributed by atoms with Gasteiger partial charge in [-0.25, -0.2) is 0 Å². The number of ether oxygens (including phenoxy) is 4. The molecule has 12 nitrogen and oxygen atoms in total. The van der Waals surface area contributed by atoms with E-state index in [9.17, 15) is 40.5 Å². The van der Waals surface area contributed by atoms with Gasteiger partial charge in [0.2, 0.25) is 0 Å². The minimum absolute atomic E-state index is 0.0227. The van der Waals surface area contributed by atoms with E-state index in [0.717, 1.165) is 38.5 Å². The molecule has 0 aromatic rings. The highest BCUT2D eigenvalue weighted by Gasteiger charge is 2.64. The summed E-state index contributed by atoms with van der Waals surface area (Å²) in [5, 5.41) is 75.6. The minimum Gasteiger partial charge on any atom is -0.394 e. The van der Waals surface area contributed by atoms with Gasteiger partial charge in [0.15, 0.2) is 18.4 Å². The SMILES string of the molecule is CC(C)CCC(O)C(C)C1C(OC2OC(CO)C(O)C(O)C2OC2OC(C)C(O)C(O)C2O)CC2C3CCC4=CC(=O)CCC4(C)C3CCC21C. The fourth-order valence-corrected chi connectivity index (χ4v) is 11.4. The van der Waals surface area contributed by atoms with Crippen LogP contribution in [-0.4, -0.2) is 122 Å². The molecule has 0 aromatic carbocycles. The third-order valence-electron chi connectivity index (χ3n) is 14.5. The van der Waals surface area contributed by atoms with Crippen LogP contribution in [0.4, 0.5) is 0 Å². The van der Waals surface area contributed by atoms with Crippen LogP contribution in [0.3, 0.4) is 0 Å². The van der Waals surface area contributed by atoms with Gasteiger partial charge in [-0.3, -0.25) is 4.79 Å². The van der Waals surface area contributed by atoms with Crippen molar-refractivity contribution in [1.29, 1.82) is 0 Å². The quantitative estimate of drug-likeness (QED) is 0.174. The van der Waals surface area contributed by atoms with Crippen molar-refractivity contribution in [2.45, 2.75) is 173 Å². The summed E-state index contributed by atoms with van der Waals surface area (Å²) in [5.74, 6) is 1.50. The van der Waals surface area contributed by atoms with Gasteiger partial charge < -0.3 is 54.7 Å². The fourth-order valence-electron chi connectivity index (χ4n) is 11.4. The van der Waals surface area contributed by atoms with Gasteiger partial charge in [0.1, 0.15) is 42.7 Å². The molecule has 19 atom stereocenters. The lowest BCUT2D eigenvalue weighted by Crippen LogP contribution is -2.64. The monoisotopic (exact) mass is 724 g/mol. The average Bonchev–Trinajstić information content (AvgIpc) is 3.39. The predicted molar refractivity (Wildman–Crippen MR) is 185 cm³/mol. The zero-order valence-corrected chi connectivity index (χ0v) is 31.2. The molecule has 19 unspecified atom stereocenters. The van der Waals surface area contributed by atoms with E-state index in [4.69, 9.17) is 18.9 Å². The molecule has 51 heavy (non-hydrogen) atoms. The number of carbonyl (C=O) groups is 1. The van der Waals surface area contributed by atoms with E-state index in [1.54, 1.807) is 0 Å². The van der Waals surface area contributed by atoms with Gasteiger partial charge in [0.05, 0.1) is 24.9 Å². The molecule has 0 spiro atoms. The van der Waals surface area contributed by atoms with Gasteiger partial charge >= 0.3 is 0 Å². The van der Waals surface area contributed by atoms with E-state index in [2.05, 4.69) is 34.6 Å². The lowest BCUT2D eigenvalue weighted by atomic mass is 9.46. The summed E-state index contributed by atoms with van der Waals surface area (Å²) in [5.41, 5.74) is 1.08. The first-order chi connectivity index (χ1) is 24.0. The number of aliphatic hydroxyl groups excluding tert-OH is 7. The van der Waals surface area contributed by atoms with Crippen molar-refractivity contribution in [1.82, 2.24) is 0 Å². The zero-order chi connectivity index (χ0) is 37.2. The number of ketones is 1. The average molecular weight is 725 g/mol. The molecule has 4 aliphatic carbocycles. The second-order valence-corrected chi connectivity index (χ2v) is 17.8. The molecule has 12 heteroatoms. The summed E-state index contributed by atoms with van der Waals surface area (Å²) in [6, 6.07) is 0. The Bertz CT molecular complexity index is 1260. The van der Waals surface area contributed by atoms with Crippen LogP contribution in [0.25, 0.3) is 0 Å². The van der Waals surface area contributed by atoms with Crippen LogP contribution in [0, 0.1) is 46.3 Å². The summed E-state index contributed by atoms with van der Waals surface area (Å²) in [6.07, 6.45) is -5.60. The van der Waals surface area contributed by atoms with Gasteiger partial charge in [0.25, 0.3) is 0 Å². The molecule has 6 rings (SSSR count). The number of aliphatic hydroxyl groups is 7. The van der Waals surface area contributed by atoms with Crippen LogP contribution in [-0.2, 0) is 23.7 Å². The van der Waals surface area contributed by atoms with Crippen molar-refractivity contribution < 1.29 is 59.5 Å². The number of carbonyl (C=O) groups excluding carboxylic acids is 1. The zero-order valence-electron chi connectivity index (χ0n) is 31.2. The standard InChI is InChI=1S/C39H64O12/c1-18(2)7-10-26(42)19(3)29-27(16-25-23-9-8-21-15-22(41)11-13-38(21,5)24(23)12-14-39(25,29)6)49-37-35(33(46)31(44)28(17-40)50-37)51-36-34(47)32(45)30(43)20(4)48-36/h15,18-20,23-37,40,42-47H,7-14,16-17H2,1-6H3. The second kappa shape index (κ2) is 15.2. The Balaban J connectivity index is 1.32. The smallest absolute Gasteiger partial charge is 0.187 e. The molecule has 2 heterocycles. The maximum atomic E-state index is 12.4. The first kappa shape index (κ1) is 39.7. The Morgan fingerprint density at radius 1 is 0.863 bits per heavy atom. The Kier molecular flexibility index (Phi) is 11.9. The minimum atomic E-state index is -1.66. The number of hydrogen-bond acceptors (Lipinski definition) is 12. The van der Waals surface area contributed by atoms with E-state index in [-0.39, 0.29) is 34.4 Å². The normalized spacial score (nSPS) is 49.9. The van der Waals surface area contributed by atoms with Crippen LogP contribution in [0.2, 0.25) is 0 Å². The van der Waals surface area contributed by atoms with Crippen molar-refractivity contribution >= 4 is 5.78 Å². The molecule has 5 fully saturated rings. The highest BCUT2D eigenvalue weighted by molar-refractivity contribution is 5.91.